The van der Waals surface area contributed by atoms with Gasteiger partial charge < -0.3 is 20.5 Å². The number of nitrogens with one attached hydrogen (secondary N) is 2. The number of rotatable bonds is 8. The Kier molecular flexibility index (Phi) is 7.73. The summed E-state index contributed by atoms with van der Waals surface area (Å²) in [6, 6.07) is 10.5. The van der Waals surface area contributed by atoms with E-state index in [-0.39, 0.29) is 41.2 Å². The smallest absolute Gasteiger partial charge is 0.406 e. The number of hydrogen-bond donors (Lipinski definition) is 3. The highest BCUT2D eigenvalue weighted by Gasteiger charge is 2.31. The first-order valence-corrected chi connectivity index (χ1v) is 10.4. The van der Waals surface area contributed by atoms with Gasteiger partial charge in [0.1, 0.15) is 11.6 Å². The minimum Gasteiger partial charge on any atom is -0.406 e. The lowest BCUT2D eigenvalue weighted by Gasteiger charge is -2.21. The van der Waals surface area contributed by atoms with E-state index in [1.54, 1.807) is 0 Å². The molecule has 0 spiro atoms. The van der Waals surface area contributed by atoms with E-state index < -0.39 is 29.9 Å². The van der Waals surface area contributed by atoms with Crippen molar-refractivity contribution in [3.8, 4) is 17.0 Å². The summed E-state index contributed by atoms with van der Waals surface area (Å²) in [5.74, 6) is -0.396. The van der Waals surface area contributed by atoms with Crippen molar-refractivity contribution in [1.82, 2.24) is 9.97 Å². The van der Waals surface area contributed by atoms with E-state index in [2.05, 4.69) is 25.3 Å². The molecule has 0 aliphatic rings. The Morgan fingerprint density at radius 2 is 1.66 bits per heavy atom. The van der Waals surface area contributed by atoms with Crippen LogP contribution in [0.1, 0.15) is 19.4 Å². The fraction of sp³-hybridized carbons (Fsp3) is 0.304. The van der Waals surface area contributed by atoms with Crippen molar-refractivity contribution in [2.45, 2.75) is 32.4 Å². The molecular formula is C23H22F6N4O2. The number of aliphatic hydroxyl groups excluding tert-OH is 1. The molecule has 12 heteroatoms. The molecule has 188 valence electrons. The third-order valence-corrected chi connectivity index (χ3v) is 4.87. The Bertz CT molecular complexity index is 1150. The van der Waals surface area contributed by atoms with E-state index in [0.717, 1.165) is 24.3 Å². The molecule has 3 rings (SSSR count). The second-order valence-electron chi connectivity index (χ2n) is 7.92. The lowest BCUT2D eigenvalue weighted by atomic mass is 10.1. The Morgan fingerprint density at radius 3 is 2.29 bits per heavy atom. The fourth-order valence-electron chi connectivity index (χ4n) is 3.09. The highest BCUT2D eigenvalue weighted by molar-refractivity contribution is 5.68. The Labute approximate surface area is 197 Å². The Hall–Kier alpha value is -3.54. The lowest BCUT2D eigenvalue weighted by molar-refractivity contribution is -0.274. The lowest BCUT2D eigenvalue weighted by Crippen LogP contribution is -2.30. The maximum atomic E-state index is 13.1. The Balaban J connectivity index is 2.02. The van der Waals surface area contributed by atoms with Crippen LogP contribution in [0.15, 0.2) is 54.6 Å². The first-order chi connectivity index (χ1) is 16.3. The summed E-state index contributed by atoms with van der Waals surface area (Å²) in [5, 5.41) is 15.4. The van der Waals surface area contributed by atoms with Crippen molar-refractivity contribution in [3.63, 3.8) is 0 Å². The van der Waals surface area contributed by atoms with Gasteiger partial charge in [-0.3, -0.25) is 0 Å². The van der Waals surface area contributed by atoms with E-state index >= 15 is 0 Å². The normalized spacial score (nSPS) is 13.0. The van der Waals surface area contributed by atoms with Crippen LogP contribution in [-0.4, -0.2) is 34.1 Å². The second-order valence-corrected chi connectivity index (χ2v) is 7.92. The van der Waals surface area contributed by atoms with Crippen LogP contribution in [-0.2, 0) is 6.18 Å². The largest absolute Gasteiger partial charge is 0.573 e. The molecule has 3 aromatic rings. The van der Waals surface area contributed by atoms with Gasteiger partial charge in [0.15, 0.2) is 0 Å². The number of nitrogens with zero attached hydrogens (tertiary/aromatic N) is 2. The molecule has 0 aliphatic heterocycles. The van der Waals surface area contributed by atoms with E-state index in [1.165, 1.54) is 30.3 Å². The zero-order valence-electron chi connectivity index (χ0n) is 18.6. The van der Waals surface area contributed by atoms with Gasteiger partial charge in [-0.05, 0) is 36.2 Å². The predicted octanol–water partition coefficient (Wildman–Crippen LogP) is 6.23. The molecular weight excluding hydrogens is 478 g/mol. The van der Waals surface area contributed by atoms with Crippen molar-refractivity contribution in [3.05, 3.63) is 60.2 Å². The summed E-state index contributed by atoms with van der Waals surface area (Å²) in [6.07, 6.45) is -9.44. The van der Waals surface area contributed by atoms with Gasteiger partial charge in [0.05, 0.1) is 23.9 Å². The predicted molar refractivity (Wildman–Crippen MR) is 118 cm³/mol. The first kappa shape index (κ1) is 26.1. The molecule has 1 atom stereocenters. The van der Waals surface area contributed by atoms with Gasteiger partial charge in [0.2, 0.25) is 5.95 Å². The minimum absolute atomic E-state index is 0.0202. The van der Waals surface area contributed by atoms with Crippen LogP contribution in [0, 0.1) is 5.92 Å². The van der Waals surface area contributed by atoms with Gasteiger partial charge in [-0.1, -0.05) is 32.0 Å². The van der Waals surface area contributed by atoms with Gasteiger partial charge in [-0.25, -0.2) is 4.98 Å². The summed E-state index contributed by atoms with van der Waals surface area (Å²) < 4.78 is 81.2. The minimum atomic E-state index is -4.89. The fourth-order valence-corrected chi connectivity index (χ4v) is 3.09. The van der Waals surface area contributed by atoms with E-state index in [0.29, 0.717) is 0 Å². The first-order valence-electron chi connectivity index (χ1n) is 10.4. The standard InChI is InChI=1S/C23H22F6N4O2/c1-13(2)19(12-34)32-21-31-18(14-5-3-8-17(9-14)35-23(27,28)29)11-20(33-21)30-16-7-4-6-15(10-16)22(24,25)26/h3-11,13,19,34H,12H2,1-2H3,(H2,30,31,32,33)/t19-/m1/s1. The number of benzene rings is 2. The molecule has 6 nitrogen and oxygen atoms in total. The van der Waals surface area contributed by atoms with Gasteiger partial charge in [0, 0.05) is 17.3 Å². The maximum Gasteiger partial charge on any atom is 0.573 e. The third kappa shape index (κ3) is 7.47. The maximum absolute atomic E-state index is 13.1. The molecule has 0 saturated heterocycles. The SMILES string of the molecule is CC(C)[C@@H](CO)Nc1nc(Nc2cccc(C(F)(F)F)c2)cc(-c2cccc(OC(F)(F)F)c2)n1. The second kappa shape index (κ2) is 10.4. The number of anilines is 3. The van der Waals surface area contributed by atoms with Crippen LogP contribution in [0.5, 0.6) is 5.75 Å². The molecule has 0 unspecified atom stereocenters. The molecule has 35 heavy (non-hydrogen) atoms. The summed E-state index contributed by atoms with van der Waals surface area (Å²) >= 11 is 0. The van der Waals surface area contributed by atoms with Crippen LogP contribution < -0.4 is 15.4 Å². The number of halogens is 6. The van der Waals surface area contributed by atoms with Crippen molar-refractivity contribution >= 4 is 17.5 Å². The van der Waals surface area contributed by atoms with Gasteiger partial charge >= 0.3 is 12.5 Å². The van der Waals surface area contributed by atoms with Crippen LogP contribution in [0.25, 0.3) is 11.3 Å². The molecule has 0 saturated carbocycles. The quantitative estimate of drug-likeness (QED) is 0.318. The highest BCUT2D eigenvalue weighted by Crippen LogP contribution is 2.33. The van der Waals surface area contributed by atoms with E-state index in [4.69, 9.17) is 0 Å². The van der Waals surface area contributed by atoms with Crippen LogP contribution in [0.4, 0.5) is 43.8 Å². The zero-order valence-corrected chi connectivity index (χ0v) is 18.6. The summed E-state index contributed by atoms with van der Waals surface area (Å²) in [4.78, 5) is 8.58. The van der Waals surface area contributed by atoms with Crippen LogP contribution in [0.3, 0.4) is 0 Å². The molecule has 1 heterocycles. The van der Waals surface area contributed by atoms with Crippen molar-refractivity contribution < 1.29 is 36.2 Å². The van der Waals surface area contributed by atoms with Crippen LogP contribution >= 0.6 is 0 Å². The van der Waals surface area contributed by atoms with E-state index in [9.17, 15) is 31.4 Å². The number of aromatic nitrogens is 2. The highest BCUT2D eigenvalue weighted by atomic mass is 19.4. The zero-order chi connectivity index (χ0) is 25.8. The number of ether oxygens (including phenoxy) is 1. The summed E-state index contributed by atoms with van der Waals surface area (Å²) in [7, 11) is 0. The molecule has 0 radical (unpaired) electrons. The topological polar surface area (TPSA) is 79.3 Å². The number of aliphatic hydroxyl groups is 1. The molecule has 0 amide bonds. The molecule has 0 aliphatic carbocycles. The van der Waals surface area contributed by atoms with Crippen molar-refractivity contribution in [2.24, 2.45) is 5.92 Å². The van der Waals surface area contributed by atoms with Crippen molar-refractivity contribution in [2.75, 3.05) is 17.2 Å². The molecule has 3 N–H and O–H groups in total. The number of alkyl halides is 6. The molecule has 0 fully saturated rings. The average Bonchev–Trinajstić information content (AvgIpc) is 2.76. The average molecular weight is 500 g/mol. The molecule has 1 aromatic heterocycles. The third-order valence-electron chi connectivity index (χ3n) is 4.87. The van der Waals surface area contributed by atoms with Gasteiger partial charge in [-0.15, -0.1) is 13.2 Å². The van der Waals surface area contributed by atoms with Crippen LogP contribution in [0.2, 0.25) is 0 Å². The monoisotopic (exact) mass is 500 g/mol. The summed E-state index contributed by atoms with van der Waals surface area (Å²) in [5.41, 5.74) is -0.362. The van der Waals surface area contributed by atoms with Crippen molar-refractivity contribution in [1.29, 1.82) is 0 Å². The molecule has 0 bridgehead atoms. The Morgan fingerprint density at radius 1 is 0.943 bits per heavy atom. The van der Waals surface area contributed by atoms with E-state index in [1.807, 2.05) is 13.8 Å². The molecule has 2 aromatic carbocycles. The summed E-state index contributed by atoms with van der Waals surface area (Å²) in [6.45, 7) is 3.44. The van der Waals surface area contributed by atoms with Gasteiger partial charge in [-0.2, -0.15) is 18.2 Å². The number of hydrogen-bond acceptors (Lipinski definition) is 6. The van der Waals surface area contributed by atoms with Gasteiger partial charge in [0.25, 0.3) is 0 Å².